The Hall–Kier alpha value is -1.59. The minimum absolute atomic E-state index is 0.405. The molecule has 0 aliphatic rings. The summed E-state index contributed by atoms with van der Waals surface area (Å²) in [6.45, 7) is 3.01. The van der Waals surface area contributed by atoms with Gasteiger partial charge in [-0.05, 0) is 11.4 Å². The number of aromatic amines is 1. The number of imidazole rings is 2. The first-order valence-electron chi connectivity index (χ1n) is 7.19. The van der Waals surface area contributed by atoms with Crippen molar-refractivity contribution in [1.82, 2.24) is 39.5 Å². The molecule has 0 aliphatic carbocycles. The molecule has 4 aromatic rings. The maximum atomic E-state index is 5.84. The van der Waals surface area contributed by atoms with Crippen LogP contribution in [0.2, 0.25) is 10.3 Å². The highest BCUT2D eigenvalue weighted by Gasteiger charge is 2.06. The number of rotatable bonds is 2. The van der Waals surface area contributed by atoms with E-state index in [2.05, 4.69) is 64.4 Å². The van der Waals surface area contributed by atoms with Crippen LogP contribution >= 0.6 is 45.8 Å². The first-order chi connectivity index (χ1) is 12.2. The summed E-state index contributed by atoms with van der Waals surface area (Å²) in [5, 5.41) is 0.822. The second-order valence-corrected chi connectivity index (χ2v) is 5.26. The van der Waals surface area contributed by atoms with E-state index in [1.54, 1.807) is 6.33 Å². The highest BCUT2D eigenvalue weighted by Crippen LogP contribution is 2.17. The van der Waals surface area contributed by atoms with Gasteiger partial charge in [0.05, 0.1) is 12.7 Å². The van der Waals surface area contributed by atoms with Gasteiger partial charge in [0.2, 0.25) is 0 Å². The molecule has 25 heavy (non-hydrogen) atoms. The van der Waals surface area contributed by atoms with Crippen LogP contribution in [0.15, 0.2) is 25.3 Å². The number of aryl methyl sites for hydroxylation is 1. The van der Waals surface area contributed by atoms with E-state index in [9.17, 15) is 0 Å². The molecule has 0 radical (unpaired) electrons. The molecule has 8 nitrogen and oxygen atoms in total. The third kappa shape index (κ3) is 4.73. The maximum absolute atomic E-state index is 5.84. The second kappa shape index (κ2) is 9.78. The Morgan fingerprint density at radius 3 is 2.44 bits per heavy atom. The fourth-order valence-electron chi connectivity index (χ4n) is 1.99. The molecule has 0 fully saturated rings. The van der Waals surface area contributed by atoms with E-state index in [1.807, 2.05) is 9.50 Å². The average molecular weight is 493 g/mol. The number of H-pyrrole nitrogens is 1. The zero-order valence-corrected chi connectivity index (χ0v) is 17.2. The lowest BCUT2D eigenvalue weighted by atomic mass is 10.4. The van der Waals surface area contributed by atoms with Crippen molar-refractivity contribution in [3.05, 3.63) is 35.6 Å². The molecule has 11 heteroatoms. The molecule has 4 rings (SSSR count). The number of halogens is 3. The Morgan fingerprint density at radius 2 is 1.72 bits per heavy atom. The summed E-state index contributed by atoms with van der Waals surface area (Å²) in [6, 6.07) is 0. The van der Waals surface area contributed by atoms with Crippen molar-refractivity contribution in [2.24, 2.45) is 0 Å². The fraction of sp³-hybridized carbons (Fsp3) is 0.286. The number of alkyl halides is 1. The van der Waals surface area contributed by atoms with Crippen LogP contribution < -0.4 is 0 Å². The van der Waals surface area contributed by atoms with Gasteiger partial charge in [-0.2, -0.15) is 0 Å². The molecular weight excluding hydrogens is 478 g/mol. The lowest BCUT2D eigenvalue weighted by Crippen LogP contribution is -1.95. The standard InChI is InChI=1S/C8H9ClN4.C5H3ClN4.CH3I/c1-2-3-13-5-12-6-7(9)10-4-11-8(6)13;6-4-3-5(9-1-7-3)10-2-8-4;1-2/h4-5H,2-3H2,1H3;1-2H,(H,7,8,9,10);1H3. The average Bonchev–Trinajstić information content (AvgIpc) is 3.27. The van der Waals surface area contributed by atoms with Crippen molar-refractivity contribution in [2.45, 2.75) is 19.9 Å². The zero-order chi connectivity index (χ0) is 18.2. The maximum Gasteiger partial charge on any atom is 0.182 e. The topological polar surface area (TPSA) is 98.1 Å². The first-order valence-corrected chi connectivity index (χ1v) is 10.1. The monoisotopic (exact) mass is 492 g/mol. The SMILES string of the molecule is CCCn1cnc2c(Cl)ncnc21.CI.Clc1ncnc2nc[nH]c12. The van der Waals surface area contributed by atoms with Crippen LogP contribution in [0.4, 0.5) is 0 Å². The molecule has 4 heterocycles. The Bertz CT molecular complexity index is 939. The van der Waals surface area contributed by atoms with Crippen molar-refractivity contribution in [3.63, 3.8) is 0 Å². The normalized spacial score (nSPS) is 10.1. The number of hydrogen-bond donors (Lipinski definition) is 1. The summed E-state index contributed by atoms with van der Waals surface area (Å²) in [6.07, 6.45) is 7.16. The van der Waals surface area contributed by atoms with E-state index < -0.39 is 0 Å². The smallest absolute Gasteiger partial charge is 0.182 e. The molecule has 0 aliphatic heterocycles. The molecule has 0 aromatic carbocycles. The highest BCUT2D eigenvalue weighted by atomic mass is 127. The Labute approximate surface area is 167 Å². The number of fused-ring (bicyclic) bond motifs is 2. The summed E-state index contributed by atoms with van der Waals surface area (Å²) in [5.74, 6) is 0. The molecule has 0 saturated carbocycles. The van der Waals surface area contributed by atoms with Gasteiger partial charge in [-0.15, -0.1) is 0 Å². The molecule has 132 valence electrons. The van der Waals surface area contributed by atoms with Gasteiger partial charge in [-0.1, -0.05) is 52.7 Å². The van der Waals surface area contributed by atoms with Crippen molar-refractivity contribution >= 4 is 68.1 Å². The van der Waals surface area contributed by atoms with Crippen LogP contribution in [0, 0.1) is 0 Å². The van der Waals surface area contributed by atoms with Gasteiger partial charge in [0.1, 0.15) is 23.7 Å². The lowest BCUT2D eigenvalue weighted by molar-refractivity contribution is 0.691. The van der Waals surface area contributed by atoms with Gasteiger partial charge in [0.25, 0.3) is 0 Å². The Balaban J connectivity index is 0.000000168. The lowest BCUT2D eigenvalue weighted by Gasteiger charge is -1.98. The van der Waals surface area contributed by atoms with Crippen LogP contribution in [0.25, 0.3) is 22.3 Å². The highest BCUT2D eigenvalue weighted by molar-refractivity contribution is 14.1. The number of aromatic nitrogens is 8. The molecule has 0 atom stereocenters. The van der Waals surface area contributed by atoms with E-state index in [0.29, 0.717) is 27.0 Å². The van der Waals surface area contributed by atoms with Gasteiger partial charge >= 0.3 is 0 Å². The van der Waals surface area contributed by atoms with Crippen LogP contribution in [0.3, 0.4) is 0 Å². The predicted molar refractivity (Wildman–Crippen MR) is 107 cm³/mol. The van der Waals surface area contributed by atoms with E-state index in [0.717, 1.165) is 18.6 Å². The Morgan fingerprint density at radius 1 is 1.00 bits per heavy atom. The summed E-state index contributed by atoms with van der Waals surface area (Å²) >= 11 is 13.7. The number of hydrogen-bond acceptors (Lipinski definition) is 6. The van der Waals surface area contributed by atoms with E-state index >= 15 is 0 Å². The third-order valence-electron chi connectivity index (χ3n) is 3.00. The van der Waals surface area contributed by atoms with Gasteiger partial charge in [0.15, 0.2) is 21.6 Å². The van der Waals surface area contributed by atoms with Gasteiger partial charge in [-0.25, -0.2) is 29.9 Å². The quantitative estimate of drug-likeness (QED) is 0.258. The second-order valence-electron chi connectivity index (χ2n) is 4.54. The molecule has 0 amide bonds. The Kier molecular flexibility index (Phi) is 7.72. The van der Waals surface area contributed by atoms with Crippen molar-refractivity contribution in [1.29, 1.82) is 0 Å². The molecule has 0 saturated heterocycles. The number of nitrogens with zero attached hydrogens (tertiary/aromatic N) is 7. The van der Waals surface area contributed by atoms with E-state index in [-0.39, 0.29) is 0 Å². The molecule has 1 N–H and O–H groups in total. The molecule has 0 bridgehead atoms. The van der Waals surface area contributed by atoms with Gasteiger partial charge in [-0.3, -0.25) is 0 Å². The van der Waals surface area contributed by atoms with Crippen LogP contribution in [-0.2, 0) is 6.54 Å². The van der Waals surface area contributed by atoms with Crippen LogP contribution in [0.1, 0.15) is 13.3 Å². The van der Waals surface area contributed by atoms with Gasteiger partial charge in [0, 0.05) is 6.54 Å². The van der Waals surface area contributed by atoms with Crippen LogP contribution in [-0.4, -0.2) is 44.4 Å². The van der Waals surface area contributed by atoms with Crippen molar-refractivity contribution in [2.75, 3.05) is 4.93 Å². The summed E-state index contributed by atoms with van der Waals surface area (Å²) in [7, 11) is 0. The van der Waals surface area contributed by atoms with E-state index in [4.69, 9.17) is 23.2 Å². The van der Waals surface area contributed by atoms with Crippen molar-refractivity contribution in [3.8, 4) is 0 Å². The summed E-state index contributed by atoms with van der Waals surface area (Å²) in [5.41, 5.74) is 2.77. The zero-order valence-electron chi connectivity index (χ0n) is 13.5. The van der Waals surface area contributed by atoms with Crippen LogP contribution in [0.5, 0.6) is 0 Å². The minimum Gasteiger partial charge on any atom is -0.341 e. The first kappa shape index (κ1) is 19.7. The number of nitrogens with one attached hydrogen (secondary N) is 1. The molecule has 4 aromatic heterocycles. The summed E-state index contributed by atoms with van der Waals surface area (Å²) in [4.78, 5) is 28.4. The summed E-state index contributed by atoms with van der Waals surface area (Å²) < 4.78 is 1.98. The van der Waals surface area contributed by atoms with Gasteiger partial charge < -0.3 is 9.55 Å². The molecule has 0 unspecified atom stereocenters. The fourth-order valence-corrected chi connectivity index (χ4v) is 2.35. The minimum atomic E-state index is 0.405. The third-order valence-corrected chi connectivity index (χ3v) is 3.56. The molecule has 0 spiro atoms. The predicted octanol–water partition coefficient (Wildman–Crippen LogP) is 3.95. The van der Waals surface area contributed by atoms with E-state index in [1.165, 1.54) is 19.0 Å². The van der Waals surface area contributed by atoms with Crippen molar-refractivity contribution < 1.29 is 0 Å². The molecular formula is C14H15Cl2IN8. The largest absolute Gasteiger partial charge is 0.341 e.